The van der Waals surface area contributed by atoms with Crippen molar-refractivity contribution >= 4 is 0 Å². The van der Waals surface area contributed by atoms with E-state index in [-0.39, 0.29) is 18.8 Å². The normalized spacial score (nSPS) is 38.5. The molecule has 64 valence electrons. The zero-order chi connectivity index (χ0) is 8.27. The van der Waals surface area contributed by atoms with Crippen molar-refractivity contribution in [1.29, 1.82) is 0 Å². The molecule has 0 amide bonds. The zero-order valence-electron chi connectivity index (χ0n) is 6.56. The fraction of sp³-hybridized carbons (Fsp3) is 1.00. The van der Waals surface area contributed by atoms with E-state index in [0.29, 0.717) is 12.5 Å². The Hall–Kier alpha value is -0.480. The van der Waals surface area contributed by atoms with Crippen LogP contribution in [0.4, 0.5) is 0 Å². The van der Waals surface area contributed by atoms with Gasteiger partial charge < -0.3 is 9.84 Å². The Bertz CT molecular complexity index is 140. The first-order valence-electron chi connectivity index (χ1n) is 3.83. The molecule has 0 saturated carbocycles. The fourth-order valence-corrected chi connectivity index (χ4v) is 1.32. The molecular weight excluding hydrogens is 146 g/mol. The summed E-state index contributed by atoms with van der Waals surface area (Å²) in [5, 5.41) is 11.7. The first-order valence-corrected chi connectivity index (χ1v) is 3.83. The average molecular weight is 159 g/mol. The van der Waals surface area contributed by atoms with Crippen LogP contribution in [0.15, 0.2) is 5.18 Å². The second-order valence-electron chi connectivity index (χ2n) is 3.07. The molecule has 0 radical (unpaired) electrons. The molecule has 1 N–H and O–H groups in total. The molecule has 1 aliphatic rings. The summed E-state index contributed by atoms with van der Waals surface area (Å²) in [6.45, 7) is 2.52. The SMILES string of the molecule is C[C@@H]1COC(CO)C(N=O)C1. The molecule has 1 saturated heterocycles. The minimum atomic E-state index is -0.372. The smallest absolute Gasteiger partial charge is 0.121 e. The van der Waals surface area contributed by atoms with Crippen LogP contribution in [-0.2, 0) is 4.74 Å². The third kappa shape index (κ3) is 1.97. The van der Waals surface area contributed by atoms with Gasteiger partial charge in [-0.05, 0) is 12.3 Å². The van der Waals surface area contributed by atoms with Crippen LogP contribution >= 0.6 is 0 Å². The van der Waals surface area contributed by atoms with E-state index in [4.69, 9.17) is 9.84 Å². The monoisotopic (exact) mass is 159 g/mol. The minimum absolute atomic E-state index is 0.108. The molecule has 1 fully saturated rings. The Kier molecular flexibility index (Phi) is 2.96. The van der Waals surface area contributed by atoms with Crippen LogP contribution in [0, 0.1) is 10.8 Å². The van der Waals surface area contributed by atoms with E-state index in [9.17, 15) is 4.91 Å². The topological polar surface area (TPSA) is 58.9 Å². The lowest BCUT2D eigenvalue weighted by atomic mass is 9.96. The van der Waals surface area contributed by atoms with Gasteiger partial charge in [0.1, 0.15) is 12.1 Å². The van der Waals surface area contributed by atoms with Gasteiger partial charge in [0.25, 0.3) is 0 Å². The highest BCUT2D eigenvalue weighted by Crippen LogP contribution is 2.21. The fourth-order valence-electron chi connectivity index (χ4n) is 1.32. The van der Waals surface area contributed by atoms with Crippen molar-refractivity contribution in [2.75, 3.05) is 13.2 Å². The van der Waals surface area contributed by atoms with Crippen molar-refractivity contribution < 1.29 is 9.84 Å². The highest BCUT2D eigenvalue weighted by atomic mass is 16.5. The van der Waals surface area contributed by atoms with Gasteiger partial charge in [-0.15, -0.1) is 0 Å². The van der Waals surface area contributed by atoms with E-state index < -0.39 is 0 Å². The second kappa shape index (κ2) is 3.78. The lowest BCUT2D eigenvalue weighted by molar-refractivity contribution is -0.0508. The van der Waals surface area contributed by atoms with Gasteiger partial charge in [-0.2, -0.15) is 4.91 Å². The van der Waals surface area contributed by atoms with Crippen LogP contribution in [0.3, 0.4) is 0 Å². The molecular formula is C7H13NO3. The molecule has 0 aromatic carbocycles. The maximum Gasteiger partial charge on any atom is 0.121 e. The Morgan fingerprint density at radius 1 is 1.73 bits per heavy atom. The molecule has 11 heavy (non-hydrogen) atoms. The van der Waals surface area contributed by atoms with Crippen LogP contribution in [0.1, 0.15) is 13.3 Å². The van der Waals surface area contributed by atoms with Crippen molar-refractivity contribution in [2.24, 2.45) is 11.1 Å². The highest BCUT2D eigenvalue weighted by Gasteiger charge is 2.29. The predicted molar refractivity (Wildman–Crippen MR) is 40.2 cm³/mol. The minimum Gasteiger partial charge on any atom is -0.394 e. The van der Waals surface area contributed by atoms with Crippen molar-refractivity contribution in [1.82, 2.24) is 0 Å². The zero-order valence-corrected chi connectivity index (χ0v) is 6.56. The van der Waals surface area contributed by atoms with Gasteiger partial charge in [0.2, 0.25) is 0 Å². The number of hydrogen-bond donors (Lipinski definition) is 1. The van der Waals surface area contributed by atoms with Crippen molar-refractivity contribution in [2.45, 2.75) is 25.5 Å². The van der Waals surface area contributed by atoms with Gasteiger partial charge in [-0.1, -0.05) is 12.1 Å². The lowest BCUT2D eigenvalue weighted by Crippen LogP contribution is -2.38. The number of aliphatic hydroxyl groups is 1. The number of nitroso groups, excluding NO2 is 1. The third-order valence-electron chi connectivity index (χ3n) is 1.98. The van der Waals surface area contributed by atoms with Crippen molar-refractivity contribution in [3.8, 4) is 0 Å². The molecule has 0 bridgehead atoms. The quantitative estimate of drug-likeness (QED) is 0.598. The van der Waals surface area contributed by atoms with E-state index in [2.05, 4.69) is 5.18 Å². The summed E-state index contributed by atoms with van der Waals surface area (Å²) in [5.41, 5.74) is 0. The Balaban J connectivity index is 2.47. The molecule has 1 rings (SSSR count). The van der Waals surface area contributed by atoms with E-state index in [1.54, 1.807) is 0 Å². The van der Waals surface area contributed by atoms with Crippen LogP contribution in [0.25, 0.3) is 0 Å². The van der Waals surface area contributed by atoms with Gasteiger partial charge in [0, 0.05) is 6.61 Å². The summed E-state index contributed by atoms with van der Waals surface area (Å²) in [6, 6.07) is -0.358. The molecule has 4 heteroatoms. The number of hydrogen-bond acceptors (Lipinski definition) is 4. The summed E-state index contributed by atoms with van der Waals surface area (Å²) >= 11 is 0. The number of nitrogens with zero attached hydrogens (tertiary/aromatic N) is 1. The highest BCUT2D eigenvalue weighted by molar-refractivity contribution is 4.82. The summed E-state index contributed by atoms with van der Waals surface area (Å²) in [6.07, 6.45) is 0.359. The van der Waals surface area contributed by atoms with Crippen LogP contribution in [-0.4, -0.2) is 30.5 Å². The van der Waals surface area contributed by atoms with Crippen LogP contribution in [0.5, 0.6) is 0 Å². The molecule has 1 heterocycles. The number of aliphatic hydroxyl groups excluding tert-OH is 1. The van der Waals surface area contributed by atoms with Crippen molar-refractivity contribution in [3.63, 3.8) is 0 Å². The van der Waals surface area contributed by atoms with Crippen molar-refractivity contribution in [3.05, 3.63) is 4.91 Å². The van der Waals surface area contributed by atoms with Gasteiger partial charge in [0.05, 0.1) is 6.61 Å². The third-order valence-corrected chi connectivity index (χ3v) is 1.98. The van der Waals surface area contributed by atoms with Gasteiger partial charge in [-0.25, -0.2) is 0 Å². The Labute approximate surface area is 65.5 Å². The molecule has 0 aromatic heterocycles. The molecule has 1 aliphatic heterocycles. The van der Waals surface area contributed by atoms with Gasteiger partial charge in [-0.3, -0.25) is 0 Å². The largest absolute Gasteiger partial charge is 0.394 e. The lowest BCUT2D eigenvalue weighted by Gasteiger charge is -2.29. The first-order chi connectivity index (χ1) is 5.27. The molecule has 0 aliphatic carbocycles. The van der Waals surface area contributed by atoms with Crippen LogP contribution in [0.2, 0.25) is 0 Å². The van der Waals surface area contributed by atoms with E-state index in [1.165, 1.54) is 0 Å². The van der Waals surface area contributed by atoms with E-state index in [1.807, 2.05) is 6.92 Å². The molecule has 2 unspecified atom stereocenters. The maximum atomic E-state index is 10.2. The standard InChI is InChI=1S/C7H13NO3/c1-5-2-6(8-10)7(3-9)11-4-5/h5-7,9H,2-4H2,1H3/t5-,6?,7?/m0/s1. The second-order valence-corrected chi connectivity index (χ2v) is 3.07. The van der Waals surface area contributed by atoms with E-state index >= 15 is 0 Å². The molecule has 0 spiro atoms. The summed E-state index contributed by atoms with van der Waals surface area (Å²) in [5.74, 6) is 0.375. The first kappa shape index (κ1) is 8.62. The maximum absolute atomic E-state index is 10.2. The van der Waals surface area contributed by atoms with Gasteiger partial charge >= 0.3 is 0 Å². The summed E-state index contributed by atoms with van der Waals surface area (Å²) in [4.78, 5) is 10.2. The average Bonchev–Trinajstić information content (AvgIpc) is 2.04. The van der Waals surface area contributed by atoms with Crippen LogP contribution < -0.4 is 0 Å². The number of rotatable bonds is 2. The molecule has 4 nitrogen and oxygen atoms in total. The Morgan fingerprint density at radius 3 is 3.00 bits per heavy atom. The number of ether oxygens (including phenoxy) is 1. The Morgan fingerprint density at radius 2 is 2.45 bits per heavy atom. The molecule has 3 atom stereocenters. The summed E-state index contributed by atoms with van der Waals surface area (Å²) < 4.78 is 5.20. The molecule has 0 aromatic rings. The predicted octanol–water partition coefficient (Wildman–Crippen LogP) is 0.539. The summed E-state index contributed by atoms with van der Waals surface area (Å²) in [7, 11) is 0. The van der Waals surface area contributed by atoms with E-state index in [0.717, 1.165) is 6.42 Å². The van der Waals surface area contributed by atoms with Gasteiger partial charge in [0.15, 0.2) is 0 Å².